The number of rotatable bonds is 5. The smallest absolute Gasteiger partial charge is 0.0921 e. The van der Waals surface area contributed by atoms with Gasteiger partial charge in [0.1, 0.15) is 0 Å². The zero-order chi connectivity index (χ0) is 8.81. The van der Waals surface area contributed by atoms with Crippen LogP contribution in [-0.2, 0) is 6.42 Å². The van der Waals surface area contributed by atoms with E-state index in [2.05, 4.69) is 14.9 Å². The second-order valence-electron chi connectivity index (χ2n) is 2.85. The summed E-state index contributed by atoms with van der Waals surface area (Å²) in [6, 6.07) is 0. The third-order valence-corrected chi connectivity index (χ3v) is 1.80. The summed E-state index contributed by atoms with van der Waals surface area (Å²) in [6.45, 7) is 1.90. The van der Waals surface area contributed by atoms with Crippen LogP contribution >= 0.6 is 0 Å². The lowest BCUT2D eigenvalue weighted by molar-refractivity contribution is 0.222. The maximum atomic E-state index is 8.63. The molecule has 1 aromatic heterocycles. The molecule has 0 aliphatic carbocycles. The van der Waals surface area contributed by atoms with Gasteiger partial charge in [-0.1, -0.05) is 0 Å². The van der Waals surface area contributed by atoms with Crippen molar-refractivity contribution in [3.05, 3.63) is 18.2 Å². The van der Waals surface area contributed by atoms with Crippen LogP contribution in [0.25, 0.3) is 0 Å². The van der Waals surface area contributed by atoms with Gasteiger partial charge in [-0.25, -0.2) is 4.98 Å². The number of hydrogen-bond donors (Lipinski definition) is 2. The van der Waals surface area contributed by atoms with Crippen LogP contribution < -0.4 is 0 Å². The quantitative estimate of drug-likeness (QED) is 0.646. The van der Waals surface area contributed by atoms with Crippen molar-refractivity contribution in [2.75, 3.05) is 26.7 Å². The van der Waals surface area contributed by atoms with Gasteiger partial charge in [0.2, 0.25) is 0 Å². The first kappa shape index (κ1) is 9.22. The molecule has 1 aromatic rings. The molecule has 0 amide bonds. The fraction of sp³-hybridized carbons (Fsp3) is 0.625. The Hall–Kier alpha value is -0.870. The Kier molecular flexibility index (Phi) is 3.76. The minimum atomic E-state index is 0.222. The summed E-state index contributed by atoms with van der Waals surface area (Å²) in [5.74, 6) is 0. The second-order valence-corrected chi connectivity index (χ2v) is 2.85. The lowest BCUT2D eigenvalue weighted by atomic mass is 10.3. The van der Waals surface area contributed by atoms with Gasteiger partial charge in [0.25, 0.3) is 0 Å². The van der Waals surface area contributed by atoms with Crippen molar-refractivity contribution in [3.63, 3.8) is 0 Å². The molecule has 2 N–H and O–H groups in total. The molecular formula is C8H15N3O. The Balaban J connectivity index is 2.17. The molecule has 0 aliphatic rings. The van der Waals surface area contributed by atoms with E-state index >= 15 is 0 Å². The molecule has 0 aromatic carbocycles. The van der Waals surface area contributed by atoms with Crippen LogP contribution in [0.3, 0.4) is 0 Å². The molecule has 0 fully saturated rings. The van der Waals surface area contributed by atoms with E-state index in [0.717, 1.165) is 25.2 Å². The van der Waals surface area contributed by atoms with Gasteiger partial charge in [-0.15, -0.1) is 0 Å². The van der Waals surface area contributed by atoms with Crippen molar-refractivity contribution in [3.8, 4) is 0 Å². The lowest BCUT2D eigenvalue weighted by Crippen LogP contribution is -2.24. The fourth-order valence-electron chi connectivity index (χ4n) is 1.02. The van der Waals surface area contributed by atoms with Gasteiger partial charge in [0, 0.05) is 31.4 Å². The molecule has 0 atom stereocenters. The predicted molar refractivity (Wildman–Crippen MR) is 46.9 cm³/mol. The number of aromatic nitrogens is 2. The summed E-state index contributed by atoms with van der Waals surface area (Å²) < 4.78 is 0. The van der Waals surface area contributed by atoms with Crippen LogP contribution in [0.1, 0.15) is 5.69 Å². The molecular weight excluding hydrogens is 154 g/mol. The summed E-state index contributed by atoms with van der Waals surface area (Å²) in [7, 11) is 1.99. The minimum absolute atomic E-state index is 0.222. The number of aliphatic hydroxyl groups is 1. The number of aromatic amines is 1. The highest BCUT2D eigenvalue weighted by atomic mass is 16.3. The van der Waals surface area contributed by atoms with Crippen LogP contribution in [0, 0.1) is 0 Å². The molecule has 12 heavy (non-hydrogen) atoms. The topological polar surface area (TPSA) is 52.1 Å². The van der Waals surface area contributed by atoms with Crippen molar-refractivity contribution in [2.45, 2.75) is 6.42 Å². The largest absolute Gasteiger partial charge is 0.395 e. The summed E-state index contributed by atoms with van der Waals surface area (Å²) in [5.41, 5.74) is 1.14. The first-order chi connectivity index (χ1) is 5.83. The summed E-state index contributed by atoms with van der Waals surface area (Å²) in [5, 5.41) is 8.63. The van der Waals surface area contributed by atoms with Crippen LogP contribution in [0.5, 0.6) is 0 Å². The van der Waals surface area contributed by atoms with E-state index in [9.17, 15) is 0 Å². The number of imidazole rings is 1. The van der Waals surface area contributed by atoms with Crippen LogP contribution in [0.2, 0.25) is 0 Å². The van der Waals surface area contributed by atoms with E-state index < -0.39 is 0 Å². The monoisotopic (exact) mass is 169 g/mol. The molecule has 4 nitrogen and oxygen atoms in total. The number of aliphatic hydroxyl groups excluding tert-OH is 1. The minimum Gasteiger partial charge on any atom is -0.395 e. The zero-order valence-corrected chi connectivity index (χ0v) is 7.32. The number of hydrogen-bond acceptors (Lipinski definition) is 3. The van der Waals surface area contributed by atoms with E-state index in [-0.39, 0.29) is 6.61 Å². The Morgan fingerprint density at radius 3 is 3.00 bits per heavy atom. The first-order valence-electron chi connectivity index (χ1n) is 4.09. The van der Waals surface area contributed by atoms with E-state index in [1.54, 1.807) is 6.33 Å². The van der Waals surface area contributed by atoms with Gasteiger partial charge in [0.15, 0.2) is 0 Å². The highest BCUT2D eigenvalue weighted by Crippen LogP contribution is 1.93. The molecule has 0 bridgehead atoms. The number of nitrogens with zero attached hydrogens (tertiary/aromatic N) is 2. The summed E-state index contributed by atoms with van der Waals surface area (Å²) >= 11 is 0. The third kappa shape index (κ3) is 3.02. The standard InChI is InChI=1S/C8H15N3O/c1-11(4-5-12)3-2-8-6-9-7-10-8/h6-7,12H,2-5H2,1H3,(H,9,10). The van der Waals surface area contributed by atoms with Crippen LogP contribution in [-0.4, -0.2) is 46.7 Å². The van der Waals surface area contributed by atoms with Crippen molar-refractivity contribution in [1.82, 2.24) is 14.9 Å². The van der Waals surface area contributed by atoms with E-state index in [0.29, 0.717) is 0 Å². The average Bonchev–Trinajstić information content (AvgIpc) is 2.53. The van der Waals surface area contributed by atoms with Gasteiger partial charge in [-0.2, -0.15) is 0 Å². The predicted octanol–water partition coefficient (Wildman–Crippen LogP) is -0.124. The second kappa shape index (κ2) is 4.90. The van der Waals surface area contributed by atoms with Crippen molar-refractivity contribution < 1.29 is 5.11 Å². The van der Waals surface area contributed by atoms with E-state index in [1.165, 1.54) is 0 Å². The number of likely N-dealkylation sites (N-methyl/N-ethyl adjacent to an activating group) is 1. The third-order valence-electron chi connectivity index (χ3n) is 1.80. The molecule has 0 saturated heterocycles. The normalized spacial score (nSPS) is 10.9. The highest BCUT2D eigenvalue weighted by molar-refractivity contribution is 4.94. The molecule has 0 saturated carbocycles. The van der Waals surface area contributed by atoms with Crippen molar-refractivity contribution >= 4 is 0 Å². The molecule has 1 rings (SSSR count). The Labute approximate surface area is 72.2 Å². The van der Waals surface area contributed by atoms with E-state index in [4.69, 9.17) is 5.11 Å². The maximum Gasteiger partial charge on any atom is 0.0921 e. The molecule has 0 spiro atoms. The molecule has 0 unspecified atom stereocenters. The van der Waals surface area contributed by atoms with Gasteiger partial charge >= 0.3 is 0 Å². The molecule has 1 heterocycles. The van der Waals surface area contributed by atoms with Crippen LogP contribution in [0.4, 0.5) is 0 Å². The van der Waals surface area contributed by atoms with Crippen LogP contribution in [0.15, 0.2) is 12.5 Å². The lowest BCUT2D eigenvalue weighted by Gasteiger charge is -2.13. The number of H-pyrrole nitrogens is 1. The highest BCUT2D eigenvalue weighted by Gasteiger charge is 1.98. The van der Waals surface area contributed by atoms with Crippen molar-refractivity contribution in [2.24, 2.45) is 0 Å². The van der Waals surface area contributed by atoms with Gasteiger partial charge in [-0.3, -0.25) is 0 Å². The molecule has 0 radical (unpaired) electrons. The molecule has 4 heteroatoms. The van der Waals surface area contributed by atoms with Gasteiger partial charge in [0.05, 0.1) is 12.9 Å². The van der Waals surface area contributed by atoms with E-state index in [1.807, 2.05) is 13.2 Å². The Bertz CT molecular complexity index is 198. The zero-order valence-electron chi connectivity index (χ0n) is 7.32. The Morgan fingerprint density at radius 1 is 1.58 bits per heavy atom. The van der Waals surface area contributed by atoms with Gasteiger partial charge in [-0.05, 0) is 7.05 Å². The maximum absolute atomic E-state index is 8.63. The molecule has 0 aliphatic heterocycles. The molecule has 68 valence electrons. The fourth-order valence-corrected chi connectivity index (χ4v) is 1.02. The Morgan fingerprint density at radius 2 is 2.42 bits per heavy atom. The average molecular weight is 169 g/mol. The van der Waals surface area contributed by atoms with Gasteiger partial charge < -0.3 is 15.0 Å². The van der Waals surface area contributed by atoms with Crippen molar-refractivity contribution in [1.29, 1.82) is 0 Å². The summed E-state index contributed by atoms with van der Waals surface area (Å²) in [4.78, 5) is 9.04. The number of nitrogens with one attached hydrogen (secondary N) is 1. The first-order valence-corrected chi connectivity index (χ1v) is 4.09. The summed E-state index contributed by atoms with van der Waals surface area (Å²) in [6.07, 6.45) is 4.46. The SMILES string of the molecule is CN(CCO)CCc1cnc[nH]1.